The number of sulfonamides is 1. The van der Waals surface area contributed by atoms with Crippen LogP contribution in [-0.2, 0) is 16.6 Å². The van der Waals surface area contributed by atoms with Gasteiger partial charge in [0.05, 0.1) is 22.8 Å². The molecule has 6 nitrogen and oxygen atoms in total. The zero-order valence-corrected chi connectivity index (χ0v) is 10.9. The Labute approximate surface area is 109 Å². The van der Waals surface area contributed by atoms with Crippen LogP contribution in [0.5, 0.6) is 0 Å². The summed E-state index contributed by atoms with van der Waals surface area (Å²) < 4.78 is 44.2. The first kappa shape index (κ1) is 13.5. The van der Waals surface area contributed by atoms with Crippen LogP contribution in [0.3, 0.4) is 0 Å². The molecule has 1 heterocycles. The van der Waals surface area contributed by atoms with Gasteiger partial charge in [-0.15, -0.1) is 0 Å². The second-order valence-corrected chi connectivity index (χ2v) is 5.71. The molecule has 0 saturated carbocycles. The van der Waals surface area contributed by atoms with Crippen molar-refractivity contribution in [2.45, 2.75) is 18.4 Å². The molecule has 0 atom stereocenters. The van der Waals surface area contributed by atoms with Gasteiger partial charge in [0.15, 0.2) is 5.76 Å². The van der Waals surface area contributed by atoms with Crippen LogP contribution in [0.4, 0.5) is 10.1 Å². The second-order valence-electron chi connectivity index (χ2n) is 3.94. The standard InChI is InChI=1S/C11H12FN3O3S/c1-7-4-8(18-15-7)6-14-19(16,17)9-2-3-11(13)10(12)5-9/h2-5,14H,6,13H2,1H3. The van der Waals surface area contributed by atoms with Crippen molar-refractivity contribution >= 4 is 15.7 Å². The van der Waals surface area contributed by atoms with Gasteiger partial charge in [0.1, 0.15) is 5.82 Å². The summed E-state index contributed by atoms with van der Waals surface area (Å²) in [5.41, 5.74) is 5.83. The first-order chi connectivity index (χ1) is 8.88. The third-order valence-electron chi connectivity index (χ3n) is 2.40. The van der Waals surface area contributed by atoms with Gasteiger partial charge in [0.2, 0.25) is 10.0 Å². The molecule has 0 aliphatic heterocycles. The van der Waals surface area contributed by atoms with E-state index >= 15 is 0 Å². The Morgan fingerprint density at radius 3 is 2.74 bits per heavy atom. The van der Waals surface area contributed by atoms with Gasteiger partial charge >= 0.3 is 0 Å². The predicted molar refractivity (Wildman–Crippen MR) is 66.1 cm³/mol. The zero-order chi connectivity index (χ0) is 14.0. The van der Waals surface area contributed by atoms with Crippen LogP contribution in [0.25, 0.3) is 0 Å². The smallest absolute Gasteiger partial charge is 0.241 e. The number of halogens is 1. The van der Waals surface area contributed by atoms with Crippen molar-refractivity contribution < 1.29 is 17.3 Å². The number of hydrogen-bond donors (Lipinski definition) is 2. The highest BCUT2D eigenvalue weighted by molar-refractivity contribution is 7.89. The van der Waals surface area contributed by atoms with E-state index < -0.39 is 15.8 Å². The van der Waals surface area contributed by atoms with Crippen LogP contribution >= 0.6 is 0 Å². The molecule has 3 N–H and O–H groups in total. The molecule has 2 aromatic rings. The minimum atomic E-state index is -3.82. The number of aryl methyl sites for hydroxylation is 1. The highest BCUT2D eigenvalue weighted by Gasteiger charge is 2.16. The van der Waals surface area contributed by atoms with Crippen molar-refractivity contribution in [2.24, 2.45) is 0 Å². The number of rotatable bonds is 4. The van der Waals surface area contributed by atoms with Gasteiger partial charge in [-0.2, -0.15) is 0 Å². The first-order valence-electron chi connectivity index (χ1n) is 5.35. The van der Waals surface area contributed by atoms with Crippen LogP contribution in [0.2, 0.25) is 0 Å². The fourth-order valence-electron chi connectivity index (χ4n) is 1.42. The lowest BCUT2D eigenvalue weighted by molar-refractivity contribution is 0.377. The predicted octanol–water partition coefficient (Wildman–Crippen LogP) is 1.18. The minimum absolute atomic E-state index is 0.0603. The van der Waals surface area contributed by atoms with E-state index in [-0.39, 0.29) is 17.1 Å². The molecular weight excluding hydrogens is 273 g/mol. The number of anilines is 1. The van der Waals surface area contributed by atoms with Gasteiger partial charge < -0.3 is 10.3 Å². The highest BCUT2D eigenvalue weighted by atomic mass is 32.2. The third-order valence-corrected chi connectivity index (χ3v) is 3.79. The molecule has 0 aliphatic rings. The quantitative estimate of drug-likeness (QED) is 0.822. The Balaban J connectivity index is 2.16. The van der Waals surface area contributed by atoms with E-state index in [9.17, 15) is 12.8 Å². The molecule has 0 saturated heterocycles. The van der Waals surface area contributed by atoms with E-state index in [2.05, 4.69) is 9.88 Å². The normalized spacial score (nSPS) is 11.7. The zero-order valence-electron chi connectivity index (χ0n) is 10.1. The van der Waals surface area contributed by atoms with Crippen molar-refractivity contribution in [3.8, 4) is 0 Å². The summed E-state index contributed by atoms with van der Waals surface area (Å²) in [6.45, 7) is 1.66. The van der Waals surface area contributed by atoms with E-state index in [1.54, 1.807) is 13.0 Å². The average Bonchev–Trinajstić information content (AvgIpc) is 2.76. The average molecular weight is 285 g/mol. The maximum Gasteiger partial charge on any atom is 0.241 e. The van der Waals surface area contributed by atoms with Crippen LogP contribution < -0.4 is 10.5 Å². The van der Waals surface area contributed by atoms with E-state index in [4.69, 9.17) is 10.3 Å². The summed E-state index contributed by atoms with van der Waals surface area (Å²) >= 11 is 0. The third kappa shape index (κ3) is 3.09. The molecule has 102 valence electrons. The van der Waals surface area contributed by atoms with E-state index in [1.165, 1.54) is 12.1 Å². The van der Waals surface area contributed by atoms with Gasteiger partial charge in [-0.05, 0) is 25.1 Å². The monoisotopic (exact) mass is 285 g/mol. The van der Waals surface area contributed by atoms with Crippen molar-refractivity contribution in [3.63, 3.8) is 0 Å². The van der Waals surface area contributed by atoms with Gasteiger partial charge in [0.25, 0.3) is 0 Å². The molecule has 2 rings (SSSR count). The van der Waals surface area contributed by atoms with Crippen LogP contribution in [0.15, 0.2) is 33.7 Å². The van der Waals surface area contributed by atoms with Crippen molar-refractivity contribution in [3.05, 3.63) is 41.5 Å². The number of hydrogen-bond acceptors (Lipinski definition) is 5. The molecule has 8 heteroatoms. The fourth-order valence-corrected chi connectivity index (χ4v) is 2.43. The minimum Gasteiger partial charge on any atom is -0.396 e. The maximum atomic E-state index is 13.2. The highest BCUT2D eigenvalue weighted by Crippen LogP contribution is 2.16. The Bertz CT molecular complexity index is 697. The first-order valence-corrected chi connectivity index (χ1v) is 6.84. The van der Waals surface area contributed by atoms with E-state index in [0.717, 1.165) is 6.07 Å². The molecule has 0 radical (unpaired) electrons. The van der Waals surface area contributed by atoms with Gasteiger partial charge in [-0.25, -0.2) is 17.5 Å². The molecule has 0 amide bonds. The molecule has 1 aromatic heterocycles. The summed E-state index contributed by atoms with van der Waals surface area (Å²) in [5.74, 6) is -0.407. The molecule has 1 aromatic carbocycles. The van der Waals surface area contributed by atoms with Crippen molar-refractivity contribution in [1.29, 1.82) is 0 Å². The molecule has 19 heavy (non-hydrogen) atoms. The van der Waals surface area contributed by atoms with Gasteiger partial charge in [0, 0.05) is 6.07 Å². The lowest BCUT2D eigenvalue weighted by atomic mass is 10.3. The second kappa shape index (κ2) is 4.98. The number of nitrogen functional groups attached to an aromatic ring is 1. The summed E-state index contributed by atoms with van der Waals surface area (Å²) in [5, 5.41) is 3.63. The largest absolute Gasteiger partial charge is 0.396 e. The van der Waals surface area contributed by atoms with Crippen molar-refractivity contribution in [1.82, 2.24) is 9.88 Å². The maximum absolute atomic E-state index is 13.2. The van der Waals surface area contributed by atoms with Crippen LogP contribution in [-0.4, -0.2) is 13.6 Å². The van der Waals surface area contributed by atoms with Gasteiger partial charge in [-0.3, -0.25) is 0 Å². The molecule has 0 unspecified atom stereocenters. The summed E-state index contributed by atoms with van der Waals surface area (Å²) in [6, 6.07) is 4.89. The molecule has 0 aliphatic carbocycles. The number of benzene rings is 1. The van der Waals surface area contributed by atoms with Crippen molar-refractivity contribution in [2.75, 3.05) is 5.73 Å². The summed E-state index contributed by atoms with van der Waals surface area (Å²) in [4.78, 5) is -0.199. The summed E-state index contributed by atoms with van der Waals surface area (Å²) in [7, 11) is -3.82. The Kier molecular flexibility index (Phi) is 3.54. The Morgan fingerprint density at radius 2 is 2.16 bits per heavy atom. The number of nitrogens with two attached hydrogens (primary N) is 1. The van der Waals surface area contributed by atoms with E-state index in [1.807, 2.05) is 0 Å². The molecular formula is C11H12FN3O3S. The summed E-state index contributed by atoms with van der Waals surface area (Å²) in [6.07, 6.45) is 0. The van der Waals surface area contributed by atoms with Crippen LogP contribution in [0.1, 0.15) is 11.5 Å². The lowest BCUT2D eigenvalue weighted by Gasteiger charge is -2.05. The molecule has 0 spiro atoms. The number of nitrogens with one attached hydrogen (secondary N) is 1. The SMILES string of the molecule is Cc1cc(CNS(=O)(=O)c2ccc(N)c(F)c2)on1. The Morgan fingerprint density at radius 1 is 1.42 bits per heavy atom. The van der Waals surface area contributed by atoms with Crippen LogP contribution in [0, 0.1) is 12.7 Å². The fraction of sp³-hybridized carbons (Fsp3) is 0.182. The van der Waals surface area contributed by atoms with E-state index in [0.29, 0.717) is 11.5 Å². The molecule has 0 fully saturated rings. The number of nitrogens with zero attached hydrogens (tertiary/aromatic N) is 1. The molecule has 0 bridgehead atoms. The Hall–Kier alpha value is -1.93. The topological polar surface area (TPSA) is 98.2 Å². The number of aromatic nitrogens is 1. The lowest BCUT2D eigenvalue weighted by Crippen LogP contribution is -2.23. The van der Waals surface area contributed by atoms with Gasteiger partial charge in [-0.1, -0.05) is 5.16 Å².